The van der Waals surface area contributed by atoms with Crippen LogP contribution in [-0.2, 0) is 0 Å². The smallest absolute Gasteiger partial charge is 0.128 e. The average Bonchev–Trinajstić information content (AvgIpc) is 2.26. The SMILES string of the molecule is CC(O)CC(C)NC(CN)c1ccccc1F. The van der Waals surface area contributed by atoms with Crippen LogP contribution in [0.15, 0.2) is 24.3 Å². The topological polar surface area (TPSA) is 58.3 Å². The van der Waals surface area contributed by atoms with Gasteiger partial charge >= 0.3 is 0 Å². The summed E-state index contributed by atoms with van der Waals surface area (Å²) in [6.07, 6.45) is 0.238. The molecule has 3 nitrogen and oxygen atoms in total. The highest BCUT2D eigenvalue weighted by molar-refractivity contribution is 5.21. The summed E-state index contributed by atoms with van der Waals surface area (Å²) in [5.74, 6) is -0.250. The minimum absolute atomic E-state index is 0.0863. The van der Waals surface area contributed by atoms with E-state index in [1.807, 2.05) is 6.92 Å². The van der Waals surface area contributed by atoms with Crippen molar-refractivity contribution in [2.75, 3.05) is 6.54 Å². The predicted molar refractivity (Wildman–Crippen MR) is 67.1 cm³/mol. The molecule has 0 aliphatic rings. The van der Waals surface area contributed by atoms with Crippen molar-refractivity contribution >= 4 is 0 Å². The third-order valence-corrected chi connectivity index (χ3v) is 2.70. The number of hydrogen-bond acceptors (Lipinski definition) is 3. The molecule has 17 heavy (non-hydrogen) atoms. The highest BCUT2D eigenvalue weighted by Crippen LogP contribution is 2.17. The second-order valence-corrected chi connectivity index (χ2v) is 4.46. The lowest BCUT2D eigenvalue weighted by atomic mass is 10.0. The normalized spacial score (nSPS) is 16.5. The van der Waals surface area contributed by atoms with Crippen molar-refractivity contribution in [1.82, 2.24) is 5.32 Å². The molecule has 0 aromatic heterocycles. The van der Waals surface area contributed by atoms with Crippen LogP contribution >= 0.6 is 0 Å². The van der Waals surface area contributed by atoms with Crippen LogP contribution in [-0.4, -0.2) is 23.8 Å². The molecule has 4 heteroatoms. The third-order valence-electron chi connectivity index (χ3n) is 2.70. The Hall–Kier alpha value is -0.970. The van der Waals surface area contributed by atoms with E-state index in [4.69, 9.17) is 5.73 Å². The predicted octanol–water partition coefficient (Wildman–Crippen LogP) is 1.57. The summed E-state index contributed by atoms with van der Waals surface area (Å²) in [5, 5.41) is 12.5. The Bertz CT molecular complexity index is 344. The highest BCUT2D eigenvalue weighted by Gasteiger charge is 2.16. The summed E-state index contributed by atoms with van der Waals surface area (Å²) in [5.41, 5.74) is 6.24. The highest BCUT2D eigenvalue weighted by atomic mass is 19.1. The van der Waals surface area contributed by atoms with Crippen molar-refractivity contribution in [2.45, 2.75) is 38.5 Å². The molecule has 1 aromatic carbocycles. The molecule has 3 unspecified atom stereocenters. The van der Waals surface area contributed by atoms with Gasteiger partial charge in [0.1, 0.15) is 5.82 Å². The lowest BCUT2D eigenvalue weighted by Gasteiger charge is -2.23. The maximum Gasteiger partial charge on any atom is 0.128 e. The molecule has 0 spiro atoms. The number of benzene rings is 1. The van der Waals surface area contributed by atoms with Gasteiger partial charge in [-0.1, -0.05) is 18.2 Å². The third kappa shape index (κ3) is 4.42. The number of halogens is 1. The Morgan fingerprint density at radius 3 is 2.53 bits per heavy atom. The zero-order valence-electron chi connectivity index (χ0n) is 10.4. The van der Waals surface area contributed by atoms with Crippen molar-refractivity contribution in [3.8, 4) is 0 Å². The van der Waals surface area contributed by atoms with Gasteiger partial charge in [0.05, 0.1) is 6.10 Å². The maximum absolute atomic E-state index is 13.6. The Labute approximate surface area is 102 Å². The second kappa shape index (κ2) is 6.69. The van der Waals surface area contributed by atoms with Crippen LogP contribution in [0.2, 0.25) is 0 Å². The van der Waals surface area contributed by atoms with Crippen LogP contribution in [0, 0.1) is 5.82 Å². The molecule has 3 atom stereocenters. The molecule has 1 rings (SSSR count). The molecule has 0 radical (unpaired) electrons. The molecule has 4 N–H and O–H groups in total. The first-order chi connectivity index (χ1) is 8.04. The van der Waals surface area contributed by atoms with Crippen molar-refractivity contribution < 1.29 is 9.50 Å². The monoisotopic (exact) mass is 240 g/mol. The van der Waals surface area contributed by atoms with Gasteiger partial charge in [-0.15, -0.1) is 0 Å². The number of aliphatic hydroxyl groups is 1. The Kier molecular flexibility index (Phi) is 5.55. The fourth-order valence-corrected chi connectivity index (χ4v) is 1.97. The van der Waals surface area contributed by atoms with Gasteiger partial charge < -0.3 is 16.2 Å². The van der Waals surface area contributed by atoms with Crippen molar-refractivity contribution in [1.29, 1.82) is 0 Å². The van der Waals surface area contributed by atoms with E-state index in [9.17, 15) is 9.50 Å². The van der Waals surface area contributed by atoms with Gasteiger partial charge in [-0.25, -0.2) is 4.39 Å². The van der Waals surface area contributed by atoms with Gasteiger partial charge in [-0.3, -0.25) is 0 Å². The van der Waals surface area contributed by atoms with E-state index in [1.54, 1.807) is 25.1 Å². The molecule has 0 saturated carbocycles. The van der Waals surface area contributed by atoms with Gasteiger partial charge in [0.15, 0.2) is 0 Å². The van der Waals surface area contributed by atoms with Crippen LogP contribution in [0.1, 0.15) is 31.9 Å². The van der Waals surface area contributed by atoms with Crippen LogP contribution in [0.4, 0.5) is 4.39 Å². The number of rotatable bonds is 6. The fraction of sp³-hybridized carbons (Fsp3) is 0.538. The zero-order valence-corrected chi connectivity index (χ0v) is 10.4. The Balaban J connectivity index is 2.69. The summed E-state index contributed by atoms with van der Waals surface area (Å²) in [6.45, 7) is 4.01. The largest absolute Gasteiger partial charge is 0.393 e. The molecule has 0 aliphatic heterocycles. The minimum Gasteiger partial charge on any atom is -0.393 e. The molecule has 0 amide bonds. The molecule has 0 saturated heterocycles. The lowest BCUT2D eigenvalue weighted by molar-refractivity contribution is 0.168. The first-order valence-electron chi connectivity index (χ1n) is 5.93. The molecule has 1 aromatic rings. The first kappa shape index (κ1) is 14.1. The van der Waals surface area contributed by atoms with Crippen LogP contribution in [0.25, 0.3) is 0 Å². The van der Waals surface area contributed by atoms with Gasteiger partial charge in [-0.2, -0.15) is 0 Å². The number of nitrogens with one attached hydrogen (secondary N) is 1. The van der Waals surface area contributed by atoms with E-state index in [0.29, 0.717) is 18.5 Å². The van der Waals surface area contributed by atoms with Crippen LogP contribution in [0.5, 0.6) is 0 Å². The summed E-state index contributed by atoms with van der Waals surface area (Å²) >= 11 is 0. The van der Waals surface area contributed by atoms with Gasteiger partial charge in [0.25, 0.3) is 0 Å². The maximum atomic E-state index is 13.6. The van der Waals surface area contributed by atoms with Crippen molar-refractivity contribution in [2.24, 2.45) is 5.73 Å². The van der Waals surface area contributed by atoms with E-state index in [-0.39, 0.29) is 24.0 Å². The number of hydrogen-bond donors (Lipinski definition) is 3. The zero-order chi connectivity index (χ0) is 12.8. The first-order valence-corrected chi connectivity index (χ1v) is 5.93. The fourth-order valence-electron chi connectivity index (χ4n) is 1.97. The minimum atomic E-state index is -0.378. The van der Waals surface area contributed by atoms with Gasteiger partial charge in [0, 0.05) is 24.2 Å². The number of aliphatic hydroxyl groups excluding tert-OH is 1. The molecule has 0 bridgehead atoms. The Morgan fingerprint density at radius 1 is 1.35 bits per heavy atom. The summed E-state index contributed by atoms with van der Waals surface area (Å²) in [6, 6.07) is 6.48. The van der Waals surface area contributed by atoms with E-state index in [1.165, 1.54) is 6.07 Å². The van der Waals surface area contributed by atoms with Crippen molar-refractivity contribution in [3.63, 3.8) is 0 Å². The molecule has 0 fully saturated rings. The molecule has 0 heterocycles. The Morgan fingerprint density at radius 2 is 2.00 bits per heavy atom. The quantitative estimate of drug-likeness (QED) is 0.707. The van der Waals surface area contributed by atoms with Gasteiger partial charge in [0.2, 0.25) is 0 Å². The summed E-state index contributed by atoms with van der Waals surface area (Å²) in [4.78, 5) is 0. The van der Waals surface area contributed by atoms with Crippen LogP contribution in [0.3, 0.4) is 0 Å². The van der Waals surface area contributed by atoms with Crippen LogP contribution < -0.4 is 11.1 Å². The van der Waals surface area contributed by atoms with E-state index < -0.39 is 0 Å². The summed E-state index contributed by atoms with van der Waals surface area (Å²) in [7, 11) is 0. The summed E-state index contributed by atoms with van der Waals surface area (Å²) < 4.78 is 13.6. The second-order valence-electron chi connectivity index (χ2n) is 4.46. The lowest BCUT2D eigenvalue weighted by Crippen LogP contribution is -2.37. The molecule has 0 aliphatic carbocycles. The molecular weight excluding hydrogens is 219 g/mol. The standard InChI is InChI=1S/C13H21FN2O/c1-9(7-10(2)17)16-13(8-15)11-5-3-4-6-12(11)14/h3-6,9-10,13,16-17H,7-8,15H2,1-2H3. The van der Waals surface area contributed by atoms with Gasteiger partial charge in [-0.05, 0) is 26.3 Å². The average molecular weight is 240 g/mol. The van der Waals surface area contributed by atoms with E-state index >= 15 is 0 Å². The molecule has 96 valence electrons. The van der Waals surface area contributed by atoms with E-state index in [0.717, 1.165) is 0 Å². The van der Waals surface area contributed by atoms with Crippen molar-refractivity contribution in [3.05, 3.63) is 35.6 Å². The molecular formula is C13H21FN2O. The number of nitrogens with two attached hydrogens (primary N) is 1. The van der Waals surface area contributed by atoms with E-state index in [2.05, 4.69) is 5.32 Å².